The van der Waals surface area contributed by atoms with E-state index >= 15 is 0 Å². The minimum atomic E-state index is -3.80. The largest absolute Gasteiger partial charge is 0.484 e. The Labute approximate surface area is 487 Å². The molecule has 0 saturated carbocycles. The monoisotopic (exact) mass is 1220 g/mol. The number of hydrogen-bond donors (Lipinski definition) is 6. The van der Waals surface area contributed by atoms with Crippen molar-refractivity contribution in [3.05, 3.63) is 139 Å². The molecule has 0 bridgehead atoms. The summed E-state index contributed by atoms with van der Waals surface area (Å²) in [5, 5.41) is 13.0. The van der Waals surface area contributed by atoms with Crippen molar-refractivity contribution in [2.24, 2.45) is 0 Å². The lowest BCUT2D eigenvalue weighted by Gasteiger charge is -2.27. The van der Waals surface area contributed by atoms with Gasteiger partial charge in [-0.05, 0) is 149 Å². The Balaban J connectivity index is 0.666. The standard InChI is InChI=1S/C54H66Cl4N8O12S2/c1-65(2)49-33-43-45(29-35(55)31-47(43)57)51(49)77-39-9-13-41(14-10-39)79(69,70)61-19-23-75-27-25-73-21-17-59-53(67)63-37-5-7-38(8-6-37)64-54(68)60-18-22-74-26-28-76-24-20-62-80(71,72)42-15-11-40(12-16-42)78-52-46-30-36(56)32-48(58)44(46)34-50(52)66(3)4/h5-16,29-32,49-52,61-62H,17-28,33-34H2,1-4H3,(H2,59,63,67)(H2,60,64,68)/t49?,50?,51-,52-/m0/s1. The van der Waals surface area contributed by atoms with E-state index in [-0.39, 0.29) is 113 Å². The SMILES string of the molecule is CN(C)C1Cc2c(Cl)cc(Cl)cc2[C@@H]1Oc1ccc(S(=O)(=O)NCCOCCOCCNC(=O)Nc2ccc(NC(=O)NCCOCCOCCNS(=O)(=O)c3ccc(O[C@H]4c5cc(Cl)cc(Cl)c5CC4N(C)C)cc3)cc2)cc1. The van der Waals surface area contributed by atoms with Gasteiger partial charge in [-0.25, -0.2) is 35.9 Å². The van der Waals surface area contributed by atoms with Crippen LogP contribution < -0.4 is 40.2 Å². The third-order valence-electron chi connectivity index (χ3n) is 12.9. The first kappa shape index (κ1) is 62.6. The summed E-state index contributed by atoms with van der Waals surface area (Å²) in [6.45, 7) is 2.12. The van der Waals surface area contributed by atoms with E-state index in [9.17, 15) is 26.4 Å². The number of rotatable bonds is 30. The van der Waals surface area contributed by atoms with Crippen LogP contribution in [0.3, 0.4) is 0 Å². The number of likely N-dealkylation sites (N-methyl/N-ethyl adjacent to an activating group) is 2. The lowest BCUT2D eigenvalue weighted by Crippen LogP contribution is -2.34. The number of amides is 4. The topological polar surface area (TPSA) is 236 Å². The summed E-state index contributed by atoms with van der Waals surface area (Å²) in [6.07, 6.45) is 0.703. The number of ether oxygens (including phenoxy) is 6. The Bertz CT molecular complexity index is 2890. The smallest absolute Gasteiger partial charge is 0.319 e. The molecule has 434 valence electrons. The van der Waals surface area contributed by atoms with Crippen molar-refractivity contribution in [2.45, 2.75) is 46.9 Å². The lowest BCUT2D eigenvalue weighted by atomic mass is 10.1. The number of urea groups is 2. The highest BCUT2D eigenvalue weighted by Gasteiger charge is 2.39. The maximum absolute atomic E-state index is 12.9. The van der Waals surface area contributed by atoms with Crippen molar-refractivity contribution in [3.8, 4) is 11.5 Å². The number of halogens is 4. The van der Waals surface area contributed by atoms with E-state index in [0.717, 1.165) is 22.3 Å². The fourth-order valence-electron chi connectivity index (χ4n) is 8.88. The Morgan fingerprint density at radius 1 is 0.487 bits per heavy atom. The number of hydrogen-bond acceptors (Lipinski definition) is 14. The summed E-state index contributed by atoms with van der Waals surface area (Å²) < 4.78 is 91.5. The number of fused-ring (bicyclic) bond motifs is 2. The van der Waals surface area contributed by atoms with Crippen LogP contribution in [0.1, 0.15) is 34.5 Å². The van der Waals surface area contributed by atoms with Crippen LogP contribution in [0.5, 0.6) is 11.5 Å². The summed E-state index contributed by atoms with van der Waals surface area (Å²) >= 11 is 25.6. The van der Waals surface area contributed by atoms with E-state index in [1.807, 2.05) is 40.3 Å². The van der Waals surface area contributed by atoms with Gasteiger partial charge in [0, 0.05) is 68.8 Å². The molecule has 80 heavy (non-hydrogen) atoms. The summed E-state index contributed by atoms with van der Waals surface area (Å²) in [5.41, 5.74) is 4.78. The average Bonchev–Trinajstić information content (AvgIpc) is 4.13. The third kappa shape index (κ3) is 18.0. The van der Waals surface area contributed by atoms with Crippen LogP contribution in [0.2, 0.25) is 20.1 Å². The predicted octanol–water partition coefficient (Wildman–Crippen LogP) is 7.78. The van der Waals surface area contributed by atoms with Crippen molar-refractivity contribution in [2.75, 3.05) is 118 Å². The second kappa shape index (κ2) is 29.8. The molecule has 0 spiro atoms. The van der Waals surface area contributed by atoms with Gasteiger partial charge in [0.2, 0.25) is 20.0 Å². The zero-order valence-electron chi connectivity index (χ0n) is 44.6. The summed E-state index contributed by atoms with van der Waals surface area (Å²) in [7, 11) is 0.266. The van der Waals surface area contributed by atoms with Crippen LogP contribution in [0.25, 0.3) is 0 Å². The van der Waals surface area contributed by atoms with Crippen LogP contribution in [0, 0.1) is 0 Å². The highest BCUT2D eigenvalue weighted by atomic mass is 35.5. The molecule has 5 aromatic rings. The lowest BCUT2D eigenvalue weighted by molar-refractivity contribution is 0.0517. The molecule has 26 heteroatoms. The molecule has 20 nitrogen and oxygen atoms in total. The van der Waals surface area contributed by atoms with Crippen molar-refractivity contribution in [3.63, 3.8) is 0 Å². The molecule has 0 aromatic heterocycles. The minimum Gasteiger partial charge on any atom is -0.484 e. The number of carbonyl (C=O) groups excluding carboxylic acids is 2. The van der Waals surface area contributed by atoms with E-state index in [2.05, 4.69) is 40.5 Å². The molecule has 0 saturated heterocycles. The Hall–Kier alpha value is -5.02. The highest BCUT2D eigenvalue weighted by molar-refractivity contribution is 7.89. The quantitative estimate of drug-likeness (QED) is 0.0241. The van der Waals surface area contributed by atoms with E-state index in [0.29, 0.717) is 55.8 Å². The molecule has 2 aliphatic rings. The van der Waals surface area contributed by atoms with Gasteiger partial charge in [-0.15, -0.1) is 0 Å². The van der Waals surface area contributed by atoms with Gasteiger partial charge in [0.05, 0.1) is 74.7 Å². The normalized spacial score (nSPS) is 16.8. The van der Waals surface area contributed by atoms with E-state index in [1.165, 1.54) is 24.3 Å². The van der Waals surface area contributed by atoms with Gasteiger partial charge in [0.15, 0.2) is 0 Å². The Kier molecular flexibility index (Phi) is 23.3. The van der Waals surface area contributed by atoms with Crippen molar-refractivity contribution >= 4 is 89.9 Å². The molecule has 6 N–H and O–H groups in total. The van der Waals surface area contributed by atoms with E-state index < -0.39 is 32.1 Å². The number of anilines is 2. The van der Waals surface area contributed by atoms with Gasteiger partial charge >= 0.3 is 12.1 Å². The second-order valence-corrected chi connectivity index (χ2v) is 24.2. The van der Waals surface area contributed by atoms with E-state index in [4.69, 9.17) is 74.8 Å². The molecular weight excluding hydrogens is 1160 g/mol. The Morgan fingerprint density at radius 3 is 1.16 bits per heavy atom. The van der Waals surface area contributed by atoms with Crippen molar-refractivity contribution in [1.29, 1.82) is 0 Å². The van der Waals surface area contributed by atoms with Gasteiger partial charge in [0.1, 0.15) is 23.7 Å². The minimum absolute atomic E-state index is 0.0126. The first-order valence-electron chi connectivity index (χ1n) is 25.6. The molecule has 2 unspecified atom stereocenters. The number of carbonyl (C=O) groups is 2. The first-order chi connectivity index (χ1) is 38.3. The summed E-state index contributed by atoms with van der Waals surface area (Å²) in [4.78, 5) is 29.1. The third-order valence-corrected chi connectivity index (χ3v) is 17.0. The molecular formula is C54H66Cl4N8O12S2. The average molecular weight is 1230 g/mol. The fourth-order valence-corrected chi connectivity index (χ4v) is 12.1. The molecule has 7 rings (SSSR count). The van der Waals surface area contributed by atoms with Gasteiger partial charge < -0.3 is 59.5 Å². The number of nitrogens with zero attached hydrogens (tertiary/aromatic N) is 2. The maximum Gasteiger partial charge on any atom is 0.319 e. The zero-order valence-corrected chi connectivity index (χ0v) is 49.2. The number of sulfonamides is 2. The predicted molar refractivity (Wildman–Crippen MR) is 309 cm³/mol. The molecule has 0 radical (unpaired) electrons. The zero-order chi connectivity index (χ0) is 57.4. The van der Waals surface area contributed by atoms with Crippen molar-refractivity contribution < 1.29 is 54.8 Å². The first-order valence-corrected chi connectivity index (χ1v) is 30.1. The molecule has 0 heterocycles. The second-order valence-electron chi connectivity index (χ2n) is 19.0. The van der Waals surface area contributed by atoms with Gasteiger partial charge in [0.25, 0.3) is 0 Å². The van der Waals surface area contributed by atoms with Crippen LogP contribution in [0.15, 0.2) is 107 Å². The molecule has 0 aliphatic heterocycles. The molecule has 0 fully saturated rings. The highest BCUT2D eigenvalue weighted by Crippen LogP contribution is 2.44. The number of nitrogens with one attached hydrogen (secondary N) is 6. The summed E-state index contributed by atoms with van der Waals surface area (Å²) in [6, 6.07) is 25.2. The molecule has 5 aromatic carbocycles. The van der Waals surface area contributed by atoms with E-state index in [1.54, 1.807) is 60.7 Å². The van der Waals surface area contributed by atoms with Crippen LogP contribution in [-0.2, 0) is 51.8 Å². The van der Waals surface area contributed by atoms with Crippen LogP contribution in [0.4, 0.5) is 21.0 Å². The van der Waals surface area contributed by atoms with Gasteiger partial charge in [-0.1, -0.05) is 46.4 Å². The van der Waals surface area contributed by atoms with Crippen molar-refractivity contribution in [1.82, 2.24) is 29.9 Å². The van der Waals surface area contributed by atoms with Gasteiger partial charge in [-0.3, -0.25) is 0 Å². The molecule has 2 aliphatic carbocycles. The maximum atomic E-state index is 12.9. The molecule has 4 amide bonds. The van der Waals surface area contributed by atoms with Gasteiger partial charge in [-0.2, -0.15) is 0 Å². The van der Waals surface area contributed by atoms with Crippen LogP contribution in [-0.4, -0.2) is 158 Å². The summed E-state index contributed by atoms with van der Waals surface area (Å²) in [5.74, 6) is 1.02. The fraction of sp³-hybridized carbons (Fsp3) is 0.407. The number of benzene rings is 5. The van der Waals surface area contributed by atoms with Crippen LogP contribution >= 0.6 is 46.4 Å². The molecule has 4 atom stereocenters. The Morgan fingerprint density at radius 2 is 0.825 bits per heavy atom.